The number of nitrogens with two attached hydrogens (primary N) is 1. The van der Waals surface area contributed by atoms with Crippen LogP contribution in [-0.4, -0.2) is 34.5 Å². The molecule has 0 radical (unpaired) electrons. The number of carbonyl (C=O) groups excluding carboxylic acids is 1. The number of benzene rings is 1. The van der Waals surface area contributed by atoms with Gasteiger partial charge in [0.25, 0.3) is 5.91 Å². The fourth-order valence-corrected chi connectivity index (χ4v) is 3.79. The molecule has 1 unspecified atom stereocenters. The Morgan fingerprint density at radius 1 is 1.36 bits per heavy atom. The smallest absolute Gasteiger partial charge is 0.256 e. The first-order chi connectivity index (χ1) is 13.2. The first-order valence-electron chi connectivity index (χ1n) is 9.70. The lowest BCUT2D eigenvalue weighted by Gasteiger charge is -2.26. The van der Waals surface area contributed by atoms with Gasteiger partial charge in [-0.3, -0.25) is 9.78 Å². The third-order valence-corrected chi connectivity index (χ3v) is 4.93. The molecule has 1 aromatic heterocycles. The van der Waals surface area contributed by atoms with Crippen molar-refractivity contribution in [2.24, 2.45) is 11.7 Å². The predicted octanol–water partition coefficient (Wildman–Crippen LogP) is 4.01. The van der Waals surface area contributed by atoms with Gasteiger partial charge in [0.2, 0.25) is 0 Å². The molecule has 2 heterocycles. The molecule has 1 aromatic carbocycles. The summed E-state index contributed by atoms with van der Waals surface area (Å²) in [7, 11) is 0. The molecule has 3 rings (SSSR count). The molecular formula is C22H28FN3O2. The van der Waals surface area contributed by atoms with Crippen LogP contribution in [0.15, 0.2) is 30.5 Å². The van der Waals surface area contributed by atoms with Gasteiger partial charge in [0, 0.05) is 18.3 Å². The Labute approximate surface area is 165 Å². The van der Waals surface area contributed by atoms with Gasteiger partial charge in [0.1, 0.15) is 6.61 Å². The number of halogens is 1. The Kier molecular flexibility index (Phi) is 5.70. The van der Waals surface area contributed by atoms with Crippen molar-refractivity contribution in [1.82, 2.24) is 9.88 Å². The molecule has 1 aliphatic rings. The highest BCUT2D eigenvalue weighted by molar-refractivity contribution is 6.04. The van der Waals surface area contributed by atoms with Gasteiger partial charge in [-0.05, 0) is 55.5 Å². The van der Waals surface area contributed by atoms with Crippen LogP contribution < -0.4 is 10.5 Å². The van der Waals surface area contributed by atoms with Crippen LogP contribution in [-0.2, 0) is 6.54 Å². The molecule has 0 saturated heterocycles. The maximum absolute atomic E-state index is 14.7. The first kappa shape index (κ1) is 20.3. The molecule has 6 heteroatoms. The Balaban J connectivity index is 1.83. The molecule has 0 aliphatic carbocycles. The summed E-state index contributed by atoms with van der Waals surface area (Å²) in [5.74, 6) is 0.0614. The molecule has 1 aliphatic heterocycles. The zero-order chi connectivity index (χ0) is 20.5. The molecule has 2 aromatic rings. The monoisotopic (exact) mass is 385 g/mol. The highest BCUT2D eigenvalue weighted by Gasteiger charge is 2.30. The summed E-state index contributed by atoms with van der Waals surface area (Å²) in [5, 5.41) is 0. The normalized spacial score (nSPS) is 15.7. The van der Waals surface area contributed by atoms with Crippen LogP contribution in [0.5, 0.6) is 5.75 Å². The van der Waals surface area contributed by atoms with Gasteiger partial charge < -0.3 is 15.4 Å². The molecule has 0 fully saturated rings. The summed E-state index contributed by atoms with van der Waals surface area (Å²) in [4.78, 5) is 18.7. The number of rotatable bonds is 7. The van der Waals surface area contributed by atoms with Gasteiger partial charge in [-0.1, -0.05) is 19.9 Å². The van der Waals surface area contributed by atoms with E-state index in [1.807, 2.05) is 13.8 Å². The van der Waals surface area contributed by atoms with Crippen LogP contribution in [0.3, 0.4) is 0 Å². The highest BCUT2D eigenvalue weighted by Crippen LogP contribution is 2.33. The number of fused-ring (bicyclic) bond motifs is 1. The number of pyridine rings is 1. The summed E-state index contributed by atoms with van der Waals surface area (Å²) >= 11 is 0. The Hall–Kier alpha value is -2.47. The van der Waals surface area contributed by atoms with E-state index in [0.29, 0.717) is 35.7 Å². The fourth-order valence-electron chi connectivity index (χ4n) is 3.79. The van der Waals surface area contributed by atoms with E-state index in [4.69, 9.17) is 10.5 Å². The second-order valence-electron chi connectivity index (χ2n) is 8.19. The number of hydrogen-bond donors (Lipinski definition) is 1. The van der Waals surface area contributed by atoms with Crippen molar-refractivity contribution in [2.75, 3.05) is 13.2 Å². The number of nitrogens with zero attached hydrogens (tertiary/aromatic N) is 2. The van der Waals surface area contributed by atoms with Gasteiger partial charge >= 0.3 is 0 Å². The lowest BCUT2D eigenvalue weighted by molar-refractivity contribution is 0.0787. The van der Waals surface area contributed by atoms with Crippen molar-refractivity contribution >= 4 is 5.91 Å². The number of amides is 1. The molecule has 0 bridgehead atoms. The Bertz CT molecular complexity index is 880. The van der Waals surface area contributed by atoms with Crippen LogP contribution in [0.4, 0.5) is 4.39 Å². The van der Waals surface area contributed by atoms with Gasteiger partial charge in [0.15, 0.2) is 11.6 Å². The van der Waals surface area contributed by atoms with Gasteiger partial charge in [-0.25, -0.2) is 4.39 Å². The Morgan fingerprint density at radius 3 is 2.75 bits per heavy atom. The number of carbonyl (C=O) groups is 1. The summed E-state index contributed by atoms with van der Waals surface area (Å²) in [6.45, 7) is 9.36. The Morgan fingerprint density at radius 2 is 2.11 bits per heavy atom. The molecule has 0 saturated carbocycles. The third-order valence-electron chi connectivity index (χ3n) is 4.93. The molecule has 150 valence electrons. The lowest BCUT2D eigenvalue weighted by Crippen LogP contribution is -2.43. The van der Waals surface area contributed by atoms with E-state index < -0.39 is 11.4 Å². The van der Waals surface area contributed by atoms with Crippen molar-refractivity contribution in [3.8, 4) is 16.9 Å². The molecule has 5 nitrogen and oxygen atoms in total. The largest absolute Gasteiger partial charge is 0.489 e. The fraction of sp³-hybridized carbons (Fsp3) is 0.455. The maximum atomic E-state index is 14.7. The predicted molar refractivity (Wildman–Crippen MR) is 108 cm³/mol. The molecule has 1 atom stereocenters. The van der Waals surface area contributed by atoms with E-state index in [0.717, 1.165) is 12.1 Å². The molecule has 1 amide bonds. The standard InChI is InChI=1S/C22H28FN3O2/c1-5-26-12-18-20(21(26)27)16(8-9-25-18)15-6-7-19(17(23)10-15)28-13-22(4,24)11-14(2)3/h6-10,14H,5,11-13,24H2,1-4H3. The second-order valence-corrected chi connectivity index (χ2v) is 8.19. The van der Waals surface area contributed by atoms with Crippen molar-refractivity contribution in [2.45, 2.75) is 46.2 Å². The van der Waals surface area contributed by atoms with Crippen LogP contribution >= 0.6 is 0 Å². The van der Waals surface area contributed by atoms with Gasteiger partial charge in [-0.2, -0.15) is 0 Å². The zero-order valence-electron chi connectivity index (χ0n) is 17.0. The summed E-state index contributed by atoms with van der Waals surface area (Å²) in [5.41, 5.74) is 8.34. The van der Waals surface area contributed by atoms with E-state index in [1.165, 1.54) is 6.07 Å². The highest BCUT2D eigenvalue weighted by atomic mass is 19.1. The summed E-state index contributed by atoms with van der Waals surface area (Å²) in [6.07, 6.45) is 2.45. The van der Waals surface area contributed by atoms with Gasteiger partial charge in [0.05, 0.1) is 17.8 Å². The molecular weight excluding hydrogens is 357 g/mol. The minimum Gasteiger partial charge on any atom is -0.489 e. The van der Waals surface area contributed by atoms with E-state index >= 15 is 0 Å². The van der Waals surface area contributed by atoms with E-state index in [2.05, 4.69) is 18.8 Å². The van der Waals surface area contributed by atoms with Crippen LogP contribution in [0.2, 0.25) is 0 Å². The third kappa shape index (κ3) is 4.17. The van der Waals surface area contributed by atoms with Crippen molar-refractivity contribution < 1.29 is 13.9 Å². The number of aromatic nitrogens is 1. The quantitative estimate of drug-likeness (QED) is 0.782. The summed E-state index contributed by atoms with van der Waals surface area (Å²) in [6, 6.07) is 6.53. The van der Waals surface area contributed by atoms with E-state index in [-0.39, 0.29) is 18.3 Å². The maximum Gasteiger partial charge on any atom is 0.256 e. The van der Waals surface area contributed by atoms with Crippen molar-refractivity contribution in [3.63, 3.8) is 0 Å². The van der Waals surface area contributed by atoms with Crippen molar-refractivity contribution in [3.05, 3.63) is 47.5 Å². The zero-order valence-corrected chi connectivity index (χ0v) is 17.0. The molecule has 28 heavy (non-hydrogen) atoms. The first-order valence-corrected chi connectivity index (χ1v) is 9.70. The second kappa shape index (κ2) is 7.87. The average molecular weight is 385 g/mol. The van der Waals surface area contributed by atoms with Crippen molar-refractivity contribution in [1.29, 1.82) is 0 Å². The number of ether oxygens (including phenoxy) is 1. The van der Waals surface area contributed by atoms with Crippen LogP contribution in [0, 0.1) is 11.7 Å². The SMILES string of the molecule is CCN1Cc2nccc(-c3ccc(OCC(C)(N)CC(C)C)c(F)c3)c2C1=O. The summed E-state index contributed by atoms with van der Waals surface area (Å²) < 4.78 is 20.3. The molecule has 2 N–H and O–H groups in total. The average Bonchev–Trinajstić information content (AvgIpc) is 2.96. The lowest BCUT2D eigenvalue weighted by atomic mass is 9.93. The van der Waals surface area contributed by atoms with E-state index in [9.17, 15) is 9.18 Å². The van der Waals surface area contributed by atoms with E-state index in [1.54, 1.807) is 29.3 Å². The minimum absolute atomic E-state index is 0.0612. The van der Waals surface area contributed by atoms with Crippen LogP contribution in [0.1, 0.15) is 50.2 Å². The number of hydrogen-bond acceptors (Lipinski definition) is 4. The molecule has 0 spiro atoms. The topological polar surface area (TPSA) is 68.5 Å². The van der Waals surface area contributed by atoms with Gasteiger partial charge in [-0.15, -0.1) is 0 Å². The van der Waals surface area contributed by atoms with Crippen LogP contribution in [0.25, 0.3) is 11.1 Å². The minimum atomic E-state index is -0.527.